The number of hydrogen-bond donors (Lipinski definition) is 0. The molecule has 0 bridgehead atoms. The Balaban J connectivity index is 1.94. The highest BCUT2D eigenvalue weighted by Gasteiger charge is 2.24. The number of amides is 1. The van der Waals surface area contributed by atoms with E-state index < -0.39 is 10.0 Å². The van der Waals surface area contributed by atoms with E-state index in [1.165, 1.54) is 4.31 Å². The summed E-state index contributed by atoms with van der Waals surface area (Å²) in [5, 5.41) is 0. The fourth-order valence-electron chi connectivity index (χ4n) is 3.14. The lowest BCUT2D eigenvalue weighted by Crippen LogP contribution is -2.33. The zero-order chi connectivity index (χ0) is 20.9. The average Bonchev–Trinajstić information content (AvgIpc) is 2.72. The van der Waals surface area contributed by atoms with Crippen LogP contribution in [-0.4, -0.2) is 32.5 Å². The molecule has 0 fully saturated rings. The zero-order valence-corrected chi connectivity index (χ0v) is 17.3. The summed E-state index contributed by atoms with van der Waals surface area (Å²) >= 11 is 0. The molecule has 0 N–H and O–H groups in total. The number of carbonyl (C=O) groups is 1. The molecule has 1 amide bonds. The molecular weight excluding hydrogens is 384 g/mol. The van der Waals surface area contributed by atoms with Crippen molar-refractivity contribution in [3.05, 3.63) is 102 Å². The Bertz CT molecular complexity index is 1070. The average molecular weight is 409 g/mol. The van der Waals surface area contributed by atoms with E-state index in [2.05, 4.69) is 0 Å². The van der Waals surface area contributed by atoms with Crippen molar-refractivity contribution in [2.45, 2.75) is 13.1 Å². The Morgan fingerprint density at radius 1 is 0.759 bits per heavy atom. The molecule has 3 rings (SSSR count). The van der Waals surface area contributed by atoms with Crippen LogP contribution in [0.4, 0.5) is 5.69 Å². The number of hydrogen-bond acceptors (Lipinski definition) is 3. The van der Waals surface area contributed by atoms with Gasteiger partial charge in [-0.25, -0.2) is 8.42 Å². The molecule has 29 heavy (non-hydrogen) atoms. The third kappa shape index (κ3) is 5.23. The molecule has 0 aromatic heterocycles. The summed E-state index contributed by atoms with van der Waals surface area (Å²) in [6.07, 6.45) is 1.16. The molecule has 0 radical (unpaired) electrons. The third-order valence-corrected chi connectivity index (χ3v) is 5.71. The largest absolute Gasteiger partial charge is 0.337 e. The van der Waals surface area contributed by atoms with E-state index >= 15 is 0 Å². The number of nitrogens with zero attached hydrogens (tertiary/aromatic N) is 2. The summed E-state index contributed by atoms with van der Waals surface area (Å²) in [7, 11) is -1.88. The van der Waals surface area contributed by atoms with Gasteiger partial charge in [0.2, 0.25) is 10.0 Å². The topological polar surface area (TPSA) is 57.7 Å². The summed E-state index contributed by atoms with van der Waals surface area (Å²) in [5.41, 5.74) is 2.58. The number of rotatable bonds is 7. The van der Waals surface area contributed by atoms with E-state index in [0.29, 0.717) is 17.8 Å². The first kappa shape index (κ1) is 20.6. The van der Waals surface area contributed by atoms with Crippen molar-refractivity contribution in [2.24, 2.45) is 0 Å². The first-order chi connectivity index (χ1) is 13.9. The number of anilines is 1. The van der Waals surface area contributed by atoms with Crippen molar-refractivity contribution in [3.63, 3.8) is 0 Å². The highest BCUT2D eigenvalue weighted by Crippen LogP contribution is 2.26. The van der Waals surface area contributed by atoms with Crippen LogP contribution >= 0.6 is 0 Å². The van der Waals surface area contributed by atoms with Gasteiger partial charge in [0.1, 0.15) is 0 Å². The van der Waals surface area contributed by atoms with E-state index in [9.17, 15) is 13.2 Å². The Hall–Kier alpha value is -3.12. The maximum absolute atomic E-state index is 13.2. The van der Waals surface area contributed by atoms with Crippen molar-refractivity contribution >= 4 is 21.6 Å². The fourth-order valence-corrected chi connectivity index (χ4v) is 4.04. The van der Waals surface area contributed by atoms with Crippen LogP contribution in [0.3, 0.4) is 0 Å². The Morgan fingerprint density at radius 2 is 1.24 bits per heavy atom. The first-order valence-corrected chi connectivity index (χ1v) is 11.1. The smallest absolute Gasteiger partial charge is 0.256 e. The molecule has 0 aliphatic rings. The molecule has 3 aromatic carbocycles. The molecule has 0 heterocycles. The normalized spacial score (nSPS) is 11.1. The number of carbonyl (C=O) groups excluding carboxylic acids is 1. The first-order valence-electron chi connectivity index (χ1n) is 9.26. The van der Waals surface area contributed by atoms with Crippen LogP contribution in [0.5, 0.6) is 0 Å². The van der Waals surface area contributed by atoms with Gasteiger partial charge >= 0.3 is 0 Å². The lowest BCUT2D eigenvalue weighted by Gasteiger charge is -2.26. The molecule has 0 aliphatic heterocycles. The quantitative estimate of drug-likeness (QED) is 0.595. The van der Waals surface area contributed by atoms with Gasteiger partial charge in [-0.1, -0.05) is 72.8 Å². The molecule has 5 nitrogen and oxygen atoms in total. The van der Waals surface area contributed by atoms with Gasteiger partial charge in [0.15, 0.2) is 0 Å². The molecule has 0 unspecified atom stereocenters. The Labute approximate surface area is 172 Å². The van der Waals surface area contributed by atoms with E-state index in [4.69, 9.17) is 0 Å². The van der Waals surface area contributed by atoms with Crippen molar-refractivity contribution in [1.82, 2.24) is 4.90 Å². The minimum Gasteiger partial charge on any atom is -0.337 e. The van der Waals surface area contributed by atoms with E-state index in [-0.39, 0.29) is 12.5 Å². The van der Waals surface area contributed by atoms with Crippen LogP contribution in [0.1, 0.15) is 21.5 Å². The lowest BCUT2D eigenvalue weighted by atomic mass is 10.1. The zero-order valence-electron chi connectivity index (χ0n) is 16.5. The summed E-state index contributed by atoms with van der Waals surface area (Å²) < 4.78 is 26.4. The van der Waals surface area contributed by atoms with Crippen LogP contribution in [0.25, 0.3) is 0 Å². The molecule has 0 atom stereocenters. The SMILES string of the molecule is CN(Cc1ccccc1)C(=O)c1ccccc1N(Cc1ccccc1)S(C)(=O)=O. The fraction of sp³-hybridized carbons (Fsp3) is 0.174. The van der Waals surface area contributed by atoms with Crippen molar-refractivity contribution in [2.75, 3.05) is 17.6 Å². The van der Waals surface area contributed by atoms with Crippen molar-refractivity contribution < 1.29 is 13.2 Å². The maximum Gasteiger partial charge on any atom is 0.256 e. The number of para-hydroxylation sites is 1. The molecule has 0 spiro atoms. The van der Waals surface area contributed by atoms with E-state index in [1.807, 2.05) is 60.7 Å². The summed E-state index contributed by atoms with van der Waals surface area (Å²) in [6, 6.07) is 25.8. The highest BCUT2D eigenvalue weighted by atomic mass is 32.2. The molecule has 6 heteroatoms. The van der Waals surface area contributed by atoms with Crippen LogP contribution in [-0.2, 0) is 23.1 Å². The van der Waals surface area contributed by atoms with Gasteiger partial charge in [0.05, 0.1) is 24.1 Å². The molecule has 150 valence electrons. The van der Waals surface area contributed by atoms with Gasteiger partial charge in [-0.2, -0.15) is 0 Å². The molecule has 0 aliphatic carbocycles. The van der Waals surface area contributed by atoms with Gasteiger partial charge in [-0.3, -0.25) is 9.10 Å². The lowest BCUT2D eigenvalue weighted by molar-refractivity contribution is 0.0786. The second kappa shape index (κ2) is 8.92. The molecule has 3 aromatic rings. The minimum atomic E-state index is -3.59. The number of sulfonamides is 1. The van der Waals surface area contributed by atoms with Crippen LogP contribution in [0.2, 0.25) is 0 Å². The summed E-state index contributed by atoms with van der Waals surface area (Å²) in [4.78, 5) is 14.8. The predicted molar refractivity (Wildman–Crippen MR) is 116 cm³/mol. The van der Waals surface area contributed by atoms with Gasteiger partial charge in [-0.15, -0.1) is 0 Å². The Morgan fingerprint density at radius 3 is 1.79 bits per heavy atom. The highest BCUT2D eigenvalue weighted by molar-refractivity contribution is 7.92. The van der Waals surface area contributed by atoms with Crippen molar-refractivity contribution in [1.29, 1.82) is 0 Å². The predicted octanol–water partition coefficient (Wildman–Crippen LogP) is 3.93. The Kier molecular flexibility index (Phi) is 6.34. The van der Waals surface area contributed by atoms with Gasteiger partial charge in [0, 0.05) is 13.6 Å². The van der Waals surface area contributed by atoms with Gasteiger partial charge in [0.25, 0.3) is 5.91 Å². The number of benzene rings is 3. The van der Waals surface area contributed by atoms with Crippen LogP contribution in [0.15, 0.2) is 84.9 Å². The van der Waals surface area contributed by atoms with E-state index in [0.717, 1.165) is 17.4 Å². The standard InChI is InChI=1S/C23H24N2O3S/c1-24(17-19-11-5-3-6-12-19)23(26)21-15-9-10-16-22(21)25(29(2,27)28)18-20-13-7-4-8-14-20/h3-16H,17-18H2,1-2H3. The monoisotopic (exact) mass is 408 g/mol. The molecular formula is C23H24N2O3S. The van der Waals surface area contributed by atoms with Gasteiger partial charge in [-0.05, 0) is 23.3 Å². The second-order valence-electron chi connectivity index (χ2n) is 6.92. The van der Waals surface area contributed by atoms with Crippen LogP contribution in [0, 0.1) is 0 Å². The summed E-state index contributed by atoms with van der Waals surface area (Å²) in [5.74, 6) is -0.230. The van der Waals surface area contributed by atoms with Gasteiger partial charge < -0.3 is 4.90 Å². The van der Waals surface area contributed by atoms with Crippen LogP contribution < -0.4 is 4.31 Å². The maximum atomic E-state index is 13.2. The summed E-state index contributed by atoms with van der Waals surface area (Å²) in [6.45, 7) is 0.595. The third-order valence-electron chi connectivity index (χ3n) is 4.58. The molecule has 0 saturated heterocycles. The second-order valence-corrected chi connectivity index (χ2v) is 8.83. The van der Waals surface area contributed by atoms with E-state index in [1.54, 1.807) is 36.2 Å². The molecule has 0 saturated carbocycles. The van der Waals surface area contributed by atoms with Crippen molar-refractivity contribution in [3.8, 4) is 0 Å². The minimum absolute atomic E-state index is 0.159.